The van der Waals surface area contributed by atoms with Crippen molar-refractivity contribution < 1.29 is 34.4 Å². The Morgan fingerprint density at radius 2 is 1.90 bits per heavy atom. The highest BCUT2D eigenvalue weighted by molar-refractivity contribution is 5.93. The number of carboxylic acid groups (broad SMARTS) is 1. The van der Waals surface area contributed by atoms with Crippen LogP contribution >= 0.6 is 0 Å². The molecule has 9 heteroatoms. The van der Waals surface area contributed by atoms with Crippen molar-refractivity contribution in [3.8, 4) is 5.75 Å². The molecule has 1 heterocycles. The maximum absolute atomic E-state index is 11.9. The van der Waals surface area contributed by atoms with E-state index in [0.717, 1.165) is 25.0 Å². The lowest BCUT2D eigenvalue weighted by atomic mass is 10.2. The van der Waals surface area contributed by atoms with Crippen LogP contribution < -0.4 is 10.2 Å². The molecule has 0 spiro atoms. The van der Waals surface area contributed by atoms with Gasteiger partial charge in [0.25, 0.3) is 0 Å². The number of carboxylic acids is 1. The molecule has 21 heavy (non-hydrogen) atoms. The number of hydrogen-bond acceptors (Lipinski definition) is 7. The molecule has 0 aliphatic carbocycles. The fourth-order valence-electron chi connectivity index (χ4n) is 1.61. The lowest BCUT2D eigenvalue weighted by molar-refractivity contribution is -0.0519. The van der Waals surface area contributed by atoms with Gasteiger partial charge < -0.3 is 29.4 Å². The minimum atomic E-state index is -1.87. The molecule has 118 valence electrons. The van der Waals surface area contributed by atoms with Gasteiger partial charge in [0, 0.05) is 6.20 Å². The summed E-state index contributed by atoms with van der Waals surface area (Å²) >= 11 is 0. The molecule has 0 saturated heterocycles. The molecular weight excluding hydrogens is 286 g/mol. The van der Waals surface area contributed by atoms with E-state index < -0.39 is 47.2 Å². The topological polar surface area (TPSA) is 135 Å². The van der Waals surface area contributed by atoms with Gasteiger partial charge in [-0.05, 0) is 0 Å². The lowest BCUT2D eigenvalue weighted by Gasteiger charge is -2.16. The Morgan fingerprint density at radius 1 is 1.33 bits per heavy atom. The highest BCUT2D eigenvalue weighted by Crippen LogP contribution is 2.16. The third kappa shape index (κ3) is 3.80. The first kappa shape index (κ1) is 18.6. The zero-order valence-corrected chi connectivity index (χ0v) is 10.7. The Hall–Kier alpha value is -2.39. The van der Waals surface area contributed by atoms with E-state index in [-0.39, 0.29) is 7.43 Å². The second kappa shape index (κ2) is 7.41. The van der Waals surface area contributed by atoms with E-state index in [1.165, 1.54) is 0 Å². The second-order valence-electron chi connectivity index (χ2n) is 3.68. The van der Waals surface area contributed by atoms with Crippen molar-refractivity contribution in [2.45, 2.75) is 20.3 Å². The van der Waals surface area contributed by atoms with Crippen LogP contribution in [0.5, 0.6) is 5.75 Å². The Labute approximate surface area is 120 Å². The van der Waals surface area contributed by atoms with Crippen LogP contribution in [0.15, 0.2) is 11.0 Å². The highest BCUT2D eigenvalue weighted by atomic mass is 16.5. The number of aliphatic hydroxyl groups excluding tert-OH is 1. The Bertz CT molecular complexity index is 590. The van der Waals surface area contributed by atoms with Crippen molar-refractivity contribution in [2.75, 3.05) is 14.2 Å². The molecule has 0 aromatic carbocycles. The molecule has 1 rings (SSSR count). The number of aliphatic hydroxyl groups is 2. The normalized spacial score (nSPS) is 9.95. The molecule has 0 saturated carbocycles. The summed E-state index contributed by atoms with van der Waals surface area (Å²) in [6.45, 7) is -0.540. The number of ether oxygens (including phenoxy) is 2. The van der Waals surface area contributed by atoms with Crippen LogP contribution in [0, 0.1) is 0 Å². The third-order valence-electron chi connectivity index (χ3n) is 2.41. The zero-order chi connectivity index (χ0) is 15.4. The van der Waals surface area contributed by atoms with E-state index in [1.807, 2.05) is 0 Å². The van der Waals surface area contributed by atoms with Crippen molar-refractivity contribution in [3.63, 3.8) is 0 Å². The summed E-state index contributed by atoms with van der Waals surface area (Å²) in [5.74, 6) is -3.06. The van der Waals surface area contributed by atoms with Crippen LogP contribution in [0.25, 0.3) is 0 Å². The summed E-state index contributed by atoms with van der Waals surface area (Å²) in [5.41, 5.74) is -2.09. The highest BCUT2D eigenvalue weighted by Gasteiger charge is 2.26. The fraction of sp³-hybridized carbons (Fsp3) is 0.417. The third-order valence-corrected chi connectivity index (χ3v) is 2.41. The van der Waals surface area contributed by atoms with E-state index in [4.69, 9.17) is 20.1 Å². The lowest BCUT2D eigenvalue weighted by Crippen LogP contribution is -2.28. The largest absolute Gasteiger partial charge is 0.491 e. The summed E-state index contributed by atoms with van der Waals surface area (Å²) < 4.78 is 10.1. The van der Waals surface area contributed by atoms with Gasteiger partial charge in [-0.15, -0.1) is 0 Å². The van der Waals surface area contributed by atoms with Crippen molar-refractivity contribution in [2.24, 2.45) is 0 Å². The molecule has 9 nitrogen and oxygen atoms in total. The maximum atomic E-state index is 11.9. The molecule has 0 bridgehead atoms. The second-order valence-corrected chi connectivity index (χ2v) is 3.68. The van der Waals surface area contributed by atoms with Crippen LogP contribution in [0.3, 0.4) is 0 Å². The molecule has 0 atom stereocenters. The van der Waals surface area contributed by atoms with Gasteiger partial charge in [-0.25, -0.2) is 9.59 Å². The first-order valence-electron chi connectivity index (χ1n) is 5.32. The van der Waals surface area contributed by atoms with E-state index in [0.29, 0.717) is 0 Å². The number of carbonyl (C=O) groups excluding carboxylic acids is 1. The maximum Gasteiger partial charge on any atom is 0.358 e. The minimum absolute atomic E-state index is 0. The molecule has 0 amide bonds. The van der Waals surface area contributed by atoms with Crippen molar-refractivity contribution >= 4 is 11.9 Å². The Morgan fingerprint density at radius 3 is 2.29 bits per heavy atom. The monoisotopic (exact) mass is 303 g/mol. The molecule has 0 unspecified atom stereocenters. The van der Waals surface area contributed by atoms with Crippen LogP contribution in [0.2, 0.25) is 0 Å². The van der Waals surface area contributed by atoms with Gasteiger partial charge in [0.05, 0.1) is 20.8 Å². The predicted molar refractivity (Wildman–Crippen MR) is 70.5 cm³/mol. The van der Waals surface area contributed by atoms with Crippen molar-refractivity contribution in [3.05, 3.63) is 27.7 Å². The molecule has 1 aromatic rings. The fourth-order valence-corrected chi connectivity index (χ4v) is 1.61. The Balaban J connectivity index is 0.00000400. The van der Waals surface area contributed by atoms with Crippen LogP contribution in [0.4, 0.5) is 0 Å². The first-order valence-corrected chi connectivity index (χ1v) is 5.32. The average Bonchev–Trinajstić information content (AvgIpc) is 2.38. The number of nitrogens with zero attached hydrogens (tertiary/aromatic N) is 1. The van der Waals surface area contributed by atoms with Gasteiger partial charge in [-0.1, -0.05) is 7.43 Å². The number of aromatic nitrogens is 1. The standard InChI is InChI=1S/C11H13NO8.CH4/c1-19-9-7(11(18)20-2)12(4-6(13)14)3-5(8(9)15)10(16)17;/h3,6,13-14H,4H2,1-2H3,(H,16,17);1H4. The molecule has 0 aliphatic heterocycles. The van der Waals surface area contributed by atoms with Gasteiger partial charge in [-0.3, -0.25) is 4.79 Å². The molecule has 3 N–H and O–H groups in total. The number of pyridine rings is 1. The Kier molecular flexibility index (Phi) is 6.56. The summed E-state index contributed by atoms with van der Waals surface area (Å²) in [7, 11) is 2.13. The molecule has 1 aromatic heterocycles. The number of methoxy groups -OCH3 is 2. The molecule has 0 radical (unpaired) electrons. The van der Waals surface area contributed by atoms with Gasteiger partial charge >= 0.3 is 11.9 Å². The minimum Gasteiger partial charge on any atom is -0.491 e. The van der Waals surface area contributed by atoms with Crippen LogP contribution in [-0.2, 0) is 11.3 Å². The number of carbonyl (C=O) groups is 2. The van der Waals surface area contributed by atoms with E-state index in [9.17, 15) is 14.4 Å². The van der Waals surface area contributed by atoms with Crippen molar-refractivity contribution in [1.82, 2.24) is 4.57 Å². The quantitative estimate of drug-likeness (QED) is 0.479. The smallest absolute Gasteiger partial charge is 0.358 e. The van der Waals surface area contributed by atoms with E-state index in [1.54, 1.807) is 0 Å². The van der Waals surface area contributed by atoms with Crippen LogP contribution in [0.1, 0.15) is 28.3 Å². The predicted octanol–water partition coefficient (Wildman–Crippen LogP) is -0.712. The van der Waals surface area contributed by atoms with E-state index >= 15 is 0 Å². The van der Waals surface area contributed by atoms with Crippen LogP contribution in [-0.4, -0.2) is 52.3 Å². The summed E-state index contributed by atoms with van der Waals surface area (Å²) in [4.78, 5) is 34.5. The van der Waals surface area contributed by atoms with Crippen molar-refractivity contribution in [1.29, 1.82) is 0 Å². The number of rotatable bonds is 5. The van der Waals surface area contributed by atoms with Gasteiger partial charge in [0.1, 0.15) is 5.56 Å². The zero-order valence-electron chi connectivity index (χ0n) is 10.7. The van der Waals surface area contributed by atoms with Gasteiger partial charge in [0.2, 0.25) is 5.43 Å². The number of esters is 1. The molecule has 0 fully saturated rings. The number of aromatic carboxylic acids is 1. The molecular formula is C12H17NO8. The van der Waals surface area contributed by atoms with Gasteiger partial charge in [0.15, 0.2) is 17.7 Å². The summed E-state index contributed by atoms with van der Waals surface area (Å²) in [6.07, 6.45) is -1.05. The molecule has 0 aliphatic rings. The summed E-state index contributed by atoms with van der Waals surface area (Å²) in [5, 5.41) is 26.8. The number of hydrogen-bond donors (Lipinski definition) is 3. The first-order chi connectivity index (χ1) is 9.33. The summed E-state index contributed by atoms with van der Waals surface area (Å²) in [6, 6.07) is 0. The van der Waals surface area contributed by atoms with E-state index in [2.05, 4.69) is 4.74 Å². The average molecular weight is 303 g/mol. The SMILES string of the molecule is C.COC(=O)c1c(OC)c(=O)c(C(=O)O)cn1CC(O)O. The van der Waals surface area contributed by atoms with Gasteiger partial charge in [-0.2, -0.15) is 0 Å².